The van der Waals surface area contributed by atoms with Gasteiger partial charge in [0, 0.05) is 6.54 Å². The zero-order valence-corrected chi connectivity index (χ0v) is 17.9. The first-order chi connectivity index (χ1) is 15.8. The Morgan fingerprint density at radius 1 is 1.09 bits per heavy atom. The Morgan fingerprint density at radius 3 is 2.39 bits per heavy atom. The molecule has 0 atom stereocenters. The number of nitrogens with two attached hydrogens (primary N) is 1. The topological polar surface area (TPSA) is 155 Å². The number of rotatable bonds is 7. The number of nitrogen functional groups attached to an aromatic ring is 1. The minimum Gasteiger partial charge on any atom is -0.462 e. The van der Waals surface area contributed by atoms with E-state index in [4.69, 9.17) is 19.6 Å². The molecule has 0 aliphatic carbocycles. The third kappa shape index (κ3) is 4.00. The number of carbonyl (C=O) groups is 4. The standard InChI is InChI=1S/C22H20N4O7/c1-3-31-22(30)16-11(2)33-19-17(16)18(23)24-14(25-19)10-32-15(27)8-9-26-20(28)12-6-4-5-7-13(12)21(26)29/h4-7H,3,8-10H2,1-2H3,(H2,23,24,25). The molecule has 0 radical (unpaired) electrons. The Balaban J connectivity index is 1.40. The van der Waals surface area contributed by atoms with E-state index in [-0.39, 0.29) is 60.2 Å². The lowest BCUT2D eigenvalue weighted by Crippen LogP contribution is -2.32. The van der Waals surface area contributed by atoms with Crippen molar-refractivity contribution in [3.8, 4) is 0 Å². The Labute approximate surface area is 187 Å². The molecule has 3 aromatic rings. The Morgan fingerprint density at radius 2 is 1.76 bits per heavy atom. The molecule has 1 aromatic carbocycles. The van der Waals surface area contributed by atoms with Gasteiger partial charge in [0.1, 0.15) is 17.1 Å². The number of imide groups is 1. The highest BCUT2D eigenvalue weighted by Gasteiger charge is 2.35. The molecule has 1 aliphatic heterocycles. The van der Waals surface area contributed by atoms with Crippen LogP contribution in [-0.2, 0) is 20.9 Å². The Hall–Kier alpha value is -4.28. The molecule has 2 amide bonds. The molecule has 0 unspecified atom stereocenters. The molecule has 33 heavy (non-hydrogen) atoms. The fourth-order valence-electron chi connectivity index (χ4n) is 3.56. The van der Waals surface area contributed by atoms with Crippen molar-refractivity contribution in [2.45, 2.75) is 26.9 Å². The number of esters is 2. The number of fused-ring (bicyclic) bond motifs is 2. The summed E-state index contributed by atoms with van der Waals surface area (Å²) in [5, 5.41) is 0.228. The van der Waals surface area contributed by atoms with Crippen molar-refractivity contribution in [2.24, 2.45) is 0 Å². The van der Waals surface area contributed by atoms with E-state index in [1.165, 1.54) is 0 Å². The number of carbonyl (C=O) groups excluding carboxylic acids is 4. The van der Waals surface area contributed by atoms with Crippen LogP contribution in [0.3, 0.4) is 0 Å². The molecule has 3 heterocycles. The van der Waals surface area contributed by atoms with E-state index in [0.29, 0.717) is 11.1 Å². The van der Waals surface area contributed by atoms with Crippen LogP contribution in [0, 0.1) is 6.92 Å². The van der Waals surface area contributed by atoms with Gasteiger partial charge in [0.25, 0.3) is 11.8 Å². The number of furan rings is 1. The van der Waals surface area contributed by atoms with Gasteiger partial charge < -0.3 is 19.6 Å². The molecule has 0 bridgehead atoms. The third-order valence-corrected chi connectivity index (χ3v) is 5.06. The predicted molar refractivity (Wildman–Crippen MR) is 113 cm³/mol. The normalized spacial score (nSPS) is 12.8. The summed E-state index contributed by atoms with van der Waals surface area (Å²) in [5.74, 6) is -1.83. The SMILES string of the molecule is CCOC(=O)c1c(C)oc2nc(COC(=O)CCN3C(=O)c4ccccc4C3=O)nc(N)c12. The molecule has 4 rings (SSSR count). The highest BCUT2D eigenvalue weighted by Crippen LogP contribution is 2.29. The summed E-state index contributed by atoms with van der Waals surface area (Å²) in [4.78, 5) is 58.3. The molecule has 2 N–H and O–H groups in total. The second-order valence-electron chi connectivity index (χ2n) is 7.18. The summed E-state index contributed by atoms with van der Waals surface area (Å²) < 4.78 is 15.7. The van der Waals surface area contributed by atoms with Crippen LogP contribution in [0.25, 0.3) is 11.1 Å². The lowest BCUT2D eigenvalue weighted by Gasteiger charge is -2.13. The number of ether oxygens (including phenoxy) is 2. The van der Waals surface area contributed by atoms with Gasteiger partial charge in [-0.15, -0.1) is 0 Å². The zero-order valence-electron chi connectivity index (χ0n) is 17.9. The molecular formula is C22H20N4O7. The summed E-state index contributed by atoms with van der Waals surface area (Å²) in [7, 11) is 0. The fourth-order valence-corrected chi connectivity index (χ4v) is 3.56. The van der Waals surface area contributed by atoms with Gasteiger partial charge in [-0.3, -0.25) is 19.3 Å². The number of aryl methyl sites for hydroxylation is 1. The molecule has 0 fully saturated rings. The van der Waals surface area contributed by atoms with Gasteiger partial charge in [0.2, 0.25) is 5.71 Å². The number of amides is 2. The van der Waals surface area contributed by atoms with E-state index in [2.05, 4.69) is 9.97 Å². The molecule has 0 spiro atoms. The van der Waals surface area contributed by atoms with Gasteiger partial charge in [0.05, 0.1) is 29.5 Å². The first-order valence-electron chi connectivity index (χ1n) is 10.1. The van der Waals surface area contributed by atoms with Crippen LogP contribution in [0.4, 0.5) is 5.82 Å². The Bertz CT molecular complexity index is 1260. The fraction of sp³-hybridized carbons (Fsp3) is 0.273. The van der Waals surface area contributed by atoms with Gasteiger partial charge in [0.15, 0.2) is 12.4 Å². The van der Waals surface area contributed by atoms with Gasteiger partial charge in [-0.05, 0) is 26.0 Å². The second-order valence-corrected chi connectivity index (χ2v) is 7.18. The van der Waals surface area contributed by atoms with Crippen LogP contribution >= 0.6 is 0 Å². The smallest absolute Gasteiger partial charge is 0.342 e. The van der Waals surface area contributed by atoms with Crippen LogP contribution < -0.4 is 5.73 Å². The van der Waals surface area contributed by atoms with Crippen molar-refractivity contribution < 1.29 is 33.1 Å². The second kappa shape index (κ2) is 8.69. The summed E-state index contributed by atoms with van der Waals surface area (Å²) in [6, 6.07) is 6.46. The Kier molecular flexibility index (Phi) is 5.78. The molecule has 11 heteroatoms. The average Bonchev–Trinajstić information content (AvgIpc) is 3.25. The highest BCUT2D eigenvalue weighted by molar-refractivity contribution is 6.21. The van der Waals surface area contributed by atoms with Crippen LogP contribution in [0.1, 0.15) is 56.0 Å². The van der Waals surface area contributed by atoms with Crippen molar-refractivity contribution in [1.29, 1.82) is 0 Å². The zero-order chi connectivity index (χ0) is 23.7. The number of benzene rings is 1. The minimum atomic E-state index is -0.656. The largest absolute Gasteiger partial charge is 0.462 e. The van der Waals surface area contributed by atoms with Gasteiger partial charge in [-0.1, -0.05) is 12.1 Å². The maximum Gasteiger partial charge on any atom is 0.342 e. The van der Waals surface area contributed by atoms with E-state index >= 15 is 0 Å². The molecule has 0 saturated carbocycles. The third-order valence-electron chi connectivity index (χ3n) is 5.06. The number of hydrogen-bond acceptors (Lipinski definition) is 10. The van der Waals surface area contributed by atoms with Crippen molar-refractivity contribution in [2.75, 3.05) is 18.9 Å². The summed E-state index contributed by atoms with van der Waals surface area (Å²) in [6.07, 6.45) is -0.198. The van der Waals surface area contributed by atoms with Crippen molar-refractivity contribution in [3.63, 3.8) is 0 Å². The van der Waals surface area contributed by atoms with Gasteiger partial charge in [-0.25, -0.2) is 9.78 Å². The maximum absolute atomic E-state index is 12.4. The van der Waals surface area contributed by atoms with Crippen molar-refractivity contribution in [3.05, 3.63) is 52.5 Å². The average molecular weight is 452 g/mol. The van der Waals surface area contributed by atoms with Crippen LogP contribution in [-0.4, -0.2) is 51.8 Å². The van der Waals surface area contributed by atoms with E-state index in [9.17, 15) is 19.2 Å². The van der Waals surface area contributed by atoms with E-state index in [1.54, 1.807) is 38.1 Å². The quantitative estimate of drug-likeness (QED) is 0.416. The highest BCUT2D eigenvalue weighted by atomic mass is 16.5. The van der Waals surface area contributed by atoms with E-state index < -0.39 is 23.8 Å². The number of hydrogen-bond donors (Lipinski definition) is 1. The minimum absolute atomic E-state index is 0.0167. The van der Waals surface area contributed by atoms with Gasteiger partial charge >= 0.3 is 11.9 Å². The predicted octanol–water partition coefficient (Wildman–Crippen LogP) is 2.02. The summed E-state index contributed by atoms with van der Waals surface area (Å²) >= 11 is 0. The number of nitrogens with zero attached hydrogens (tertiary/aromatic N) is 3. The van der Waals surface area contributed by atoms with E-state index in [0.717, 1.165) is 4.90 Å². The lowest BCUT2D eigenvalue weighted by molar-refractivity contribution is -0.145. The van der Waals surface area contributed by atoms with Crippen LogP contribution in [0.15, 0.2) is 28.7 Å². The monoisotopic (exact) mass is 452 g/mol. The molecule has 1 aliphatic rings. The van der Waals surface area contributed by atoms with Crippen molar-refractivity contribution >= 4 is 40.7 Å². The van der Waals surface area contributed by atoms with Crippen LogP contribution in [0.5, 0.6) is 0 Å². The maximum atomic E-state index is 12.4. The summed E-state index contributed by atoms with van der Waals surface area (Å²) in [6.45, 7) is 3.01. The van der Waals surface area contributed by atoms with Gasteiger partial charge in [-0.2, -0.15) is 4.98 Å². The number of aromatic nitrogens is 2. The van der Waals surface area contributed by atoms with Crippen molar-refractivity contribution in [1.82, 2.24) is 14.9 Å². The van der Waals surface area contributed by atoms with Crippen LogP contribution in [0.2, 0.25) is 0 Å². The first kappa shape index (κ1) is 21.9. The molecule has 170 valence electrons. The lowest BCUT2D eigenvalue weighted by atomic mass is 10.1. The molecule has 11 nitrogen and oxygen atoms in total. The molecule has 2 aromatic heterocycles. The molecule has 0 saturated heterocycles. The van der Waals surface area contributed by atoms with E-state index in [1.807, 2.05) is 0 Å². The first-order valence-corrected chi connectivity index (χ1v) is 10.1. The molecular weight excluding hydrogens is 432 g/mol. The number of anilines is 1. The summed E-state index contributed by atoms with van der Waals surface area (Å²) in [5.41, 5.74) is 6.82.